The van der Waals surface area contributed by atoms with Crippen LogP contribution in [0.3, 0.4) is 0 Å². The third kappa shape index (κ3) is 3.81. The van der Waals surface area contributed by atoms with Crippen LogP contribution in [0.15, 0.2) is 30.5 Å². The third-order valence-electron chi connectivity index (χ3n) is 4.79. The number of aromatic nitrogens is 1. The first kappa shape index (κ1) is 17.4. The van der Waals surface area contributed by atoms with E-state index in [0.29, 0.717) is 35.9 Å². The highest BCUT2D eigenvalue weighted by atomic mass is 19.1. The molecule has 0 aliphatic carbocycles. The lowest BCUT2D eigenvalue weighted by Crippen LogP contribution is -2.29. The smallest absolute Gasteiger partial charge is 0.257 e. The Morgan fingerprint density at radius 3 is 2.88 bits per heavy atom. The summed E-state index contributed by atoms with van der Waals surface area (Å²) in [5.74, 6) is 0.653. The number of ether oxygens (including phenoxy) is 1. The lowest BCUT2D eigenvalue weighted by Gasteiger charge is -2.18. The number of pyridine rings is 1. The molecule has 4 nitrogen and oxygen atoms in total. The molecule has 5 heteroatoms. The van der Waals surface area contributed by atoms with Gasteiger partial charge in [0.15, 0.2) is 0 Å². The second-order valence-corrected chi connectivity index (χ2v) is 6.72. The minimum atomic E-state index is -0.166. The van der Waals surface area contributed by atoms with Crippen LogP contribution in [-0.4, -0.2) is 36.0 Å². The van der Waals surface area contributed by atoms with E-state index < -0.39 is 0 Å². The molecule has 1 atom stereocenters. The van der Waals surface area contributed by atoms with Gasteiger partial charge >= 0.3 is 0 Å². The summed E-state index contributed by atoms with van der Waals surface area (Å²) in [6.07, 6.45) is 3.30. The zero-order valence-electron chi connectivity index (χ0n) is 14.9. The number of halogens is 1. The van der Waals surface area contributed by atoms with Crippen molar-refractivity contribution in [1.29, 1.82) is 0 Å². The Labute approximate surface area is 147 Å². The standard InChI is InChI=1S/C20H23FN2O2/c1-13-4-5-15(10-18(13)21)9-16-6-7-23(12-16)20(24)17-8-14(2)22-11-19(17)25-3/h4-5,8,10-11,16H,6-7,9,12H2,1-3H3. The van der Waals surface area contributed by atoms with E-state index >= 15 is 0 Å². The molecule has 0 spiro atoms. The Morgan fingerprint density at radius 2 is 2.16 bits per heavy atom. The zero-order valence-corrected chi connectivity index (χ0v) is 14.9. The van der Waals surface area contributed by atoms with Gasteiger partial charge in [0.1, 0.15) is 11.6 Å². The van der Waals surface area contributed by atoms with E-state index in [1.165, 1.54) is 0 Å². The van der Waals surface area contributed by atoms with Gasteiger partial charge in [-0.1, -0.05) is 12.1 Å². The van der Waals surface area contributed by atoms with Gasteiger partial charge in [-0.05, 0) is 55.9 Å². The Hall–Kier alpha value is -2.43. The van der Waals surface area contributed by atoms with Gasteiger partial charge in [0, 0.05) is 18.8 Å². The van der Waals surface area contributed by atoms with E-state index in [9.17, 15) is 9.18 Å². The van der Waals surface area contributed by atoms with Crippen LogP contribution in [0.25, 0.3) is 0 Å². The highest BCUT2D eigenvalue weighted by molar-refractivity contribution is 5.97. The molecule has 25 heavy (non-hydrogen) atoms. The number of benzene rings is 1. The fourth-order valence-electron chi connectivity index (χ4n) is 3.33. The first-order valence-corrected chi connectivity index (χ1v) is 8.53. The highest BCUT2D eigenvalue weighted by Crippen LogP contribution is 2.26. The molecule has 1 unspecified atom stereocenters. The molecule has 1 aromatic heterocycles. The number of carbonyl (C=O) groups excluding carboxylic acids is 1. The summed E-state index contributed by atoms with van der Waals surface area (Å²) in [6.45, 7) is 5.01. The maximum atomic E-state index is 13.7. The largest absolute Gasteiger partial charge is 0.494 e. The summed E-state index contributed by atoms with van der Waals surface area (Å²) in [5.41, 5.74) is 2.99. The Morgan fingerprint density at radius 1 is 1.36 bits per heavy atom. The van der Waals surface area contributed by atoms with E-state index in [1.54, 1.807) is 32.4 Å². The number of rotatable bonds is 4. The van der Waals surface area contributed by atoms with E-state index in [4.69, 9.17) is 4.74 Å². The fraction of sp³-hybridized carbons (Fsp3) is 0.400. The van der Waals surface area contributed by atoms with Crippen molar-refractivity contribution in [2.75, 3.05) is 20.2 Å². The lowest BCUT2D eigenvalue weighted by atomic mass is 9.98. The number of methoxy groups -OCH3 is 1. The van der Waals surface area contributed by atoms with Crippen molar-refractivity contribution in [1.82, 2.24) is 9.88 Å². The topological polar surface area (TPSA) is 42.4 Å². The quantitative estimate of drug-likeness (QED) is 0.853. The van der Waals surface area contributed by atoms with E-state index in [2.05, 4.69) is 4.98 Å². The first-order chi connectivity index (χ1) is 12.0. The van der Waals surface area contributed by atoms with Crippen LogP contribution in [0, 0.1) is 25.6 Å². The zero-order chi connectivity index (χ0) is 18.0. The van der Waals surface area contributed by atoms with Crippen molar-refractivity contribution < 1.29 is 13.9 Å². The molecule has 1 aliphatic rings. The van der Waals surface area contributed by atoms with E-state index in [1.807, 2.05) is 24.0 Å². The van der Waals surface area contributed by atoms with Crippen LogP contribution >= 0.6 is 0 Å². The van der Waals surface area contributed by atoms with Crippen molar-refractivity contribution in [2.24, 2.45) is 5.92 Å². The Balaban J connectivity index is 1.69. The molecule has 2 heterocycles. The summed E-state index contributed by atoms with van der Waals surface area (Å²) in [5, 5.41) is 0. The SMILES string of the molecule is COc1cnc(C)cc1C(=O)N1CCC(Cc2ccc(C)c(F)c2)C1. The van der Waals surface area contributed by atoms with Gasteiger partial charge in [-0.3, -0.25) is 9.78 Å². The van der Waals surface area contributed by atoms with Crippen molar-refractivity contribution in [3.05, 3.63) is 58.7 Å². The van der Waals surface area contributed by atoms with Crippen LogP contribution in [0.2, 0.25) is 0 Å². The van der Waals surface area contributed by atoms with E-state index in [0.717, 1.165) is 24.1 Å². The van der Waals surface area contributed by atoms with Gasteiger partial charge in [0.05, 0.1) is 18.9 Å². The summed E-state index contributed by atoms with van der Waals surface area (Å²) in [7, 11) is 1.54. The minimum absolute atomic E-state index is 0.0278. The van der Waals surface area contributed by atoms with Crippen molar-refractivity contribution in [3.63, 3.8) is 0 Å². The fourth-order valence-corrected chi connectivity index (χ4v) is 3.33. The highest BCUT2D eigenvalue weighted by Gasteiger charge is 2.28. The molecule has 1 fully saturated rings. The van der Waals surface area contributed by atoms with Gasteiger partial charge in [0.2, 0.25) is 0 Å². The minimum Gasteiger partial charge on any atom is -0.494 e. The molecular formula is C20H23FN2O2. The van der Waals surface area contributed by atoms with Crippen molar-refractivity contribution in [3.8, 4) is 5.75 Å². The Bertz CT molecular complexity index is 791. The molecule has 0 N–H and O–H groups in total. The predicted molar refractivity (Wildman–Crippen MR) is 94.4 cm³/mol. The average Bonchev–Trinajstić information content (AvgIpc) is 3.06. The Kier molecular flexibility index (Phi) is 5.02. The van der Waals surface area contributed by atoms with Gasteiger partial charge in [-0.2, -0.15) is 0 Å². The predicted octanol–water partition coefficient (Wildman–Crippen LogP) is 3.55. The molecular weight excluding hydrogens is 319 g/mol. The van der Waals surface area contributed by atoms with Crippen LogP contribution < -0.4 is 4.74 Å². The summed E-state index contributed by atoms with van der Waals surface area (Å²) in [6, 6.07) is 7.16. The molecule has 1 amide bonds. The molecule has 1 aliphatic heterocycles. The molecule has 0 saturated carbocycles. The lowest BCUT2D eigenvalue weighted by molar-refractivity contribution is 0.0783. The van der Waals surface area contributed by atoms with Crippen LogP contribution in [-0.2, 0) is 6.42 Å². The second kappa shape index (κ2) is 7.21. The molecule has 1 saturated heterocycles. The van der Waals surface area contributed by atoms with Crippen molar-refractivity contribution >= 4 is 5.91 Å². The number of carbonyl (C=O) groups is 1. The summed E-state index contributed by atoms with van der Waals surface area (Å²) in [4.78, 5) is 18.9. The molecule has 0 radical (unpaired) electrons. The van der Waals surface area contributed by atoms with Crippen LogP contribution in [0.1, 0.15) is 33.6 Å². The summed E-state index contributed by atoms with van der Waals surface area (Å²) >= 11 is 0. The number of aryl methyl sites for hydroxylation is 2. The number of hydrogen-bond donors (Lipinski definition) is 0. The van der Waals surface area contributed by atoms with Crippen LogP contribution in [0.4, 0.5) is 4.39 Å². The molecule has 132 valence electrons. The number of nitrogens with zero attached hydrogens (tertiary/aromatic N) is 2. The number of likely N-dealkylation sites (tertiary alicyclic amines) is 1. The van der Waals surface area contributed by atoms with Crippen molar-refractivity contribution in [2.45, 2.75) is 26.7 Å². The molecule has 3 rings (SSSR count). The second-order valence-electron chi connectivity index (χ2n) is 6.72. The van der Waals surface area contributed by atoms with Gasteiger partial charge < -0.3 is 9.64 Å². The van der Waals surface area contributed by atoms with E-state index in [-0.39, 0.29) is 11.7 Å². The van der Waals surface area contributed by atoms with Gasteiger partial charge in [0.25, 0.3) is 5.91 Å². The monoisotopic (exact) mass is 342 g/mol. The number of hydrogen-bond acceptors (Lipinski definition) is 3. The normalized spacial score (nSPS) is 17.0. The maximum absolute atomic E-state index is 13.7. The van der Waals surface area contributed by atoms with Gasteiger partial charge in [-0.15, -0.1) is 0 Å². The molecule has 1 aromatic carbocycles. The van der Waals surface area contributed by atoms with Gasteiger partial charge in [-0.25, -0.2) is 4.39 Å². The average molecular weight is 342 g/mol. The first-order valence-electron chi connectivity index (χ1n) is 8.53. The maximum Gasteiger partial charge on any atom is 0.257 e. The third-order valence-corrected chi connectivity index (χ3v) is 4.79. The van der Waals surface area contributed by atoms with Crippen LogP contribution in [0.5, 0.6) is 5.75 Å². The molecule has 0 bridgehead atoms. The summed E-state index contributed by atoms with van der Waals surface area (Å²) < 4.78 is 19.0. The molecule has 2 aromatic rings. The number of amides is 1.